The number of nitrogens with one attached hydrogen (secondary N) is 1. The van der Waals surface area contributed by atoms with Gasteiger partial charge in [0.2, 0.25) is 0 Å². The third kappa shape index (κ3) is 2.96. The van der Waals surface area contributed by atoms with Crippen molar-refractivity contribution in [2.75, 3.05) is 5.73 Å². The molecule has 1 aromatic carbocycles. The monoisotopic (exact) mass is 323 g/mol. The fraction of sp³-hybridized carbons (Fsp3) is 0.231. The summed E-state index contributed by atoms with van der Waals surface area (Å²) >= 11 is 3.33. The number of benzene rings is 1. The maximum Gasteiger partial charge on any atom is 0.328 e. The van der Waals surface area contributed by atoms with Crippen molar-refractivity contribution < 1.29 is 0 Å². The van der Waals surface area contributed by atoms with Crippen LogP contribution >= 0.6 is 15.9 Å². The Hall–Kier alpha value is -1.82. The highest BCUT2D eigenvalue weighted by Crippen LogP contribution is 2.18. The van der Waals surface area contributed by atoms with E-state index in [9.17, 15) is 9.59 Å². The van der Waals surface area contributed by atoms with Crippen LogP contribution in [0.15, 0.2) is 38.5 Å². The lowest BCUT2D eigenvalue weighted by Gasteiger charge is -2.09. The maximum absolute atomic E-state index is 11.7. The summed E-state index contributed by atoms with van der Waals surface area (Å²) < 4.78 is 2.34. The zero-order valence-corrected chi connectivity index (χ0v) is 12.0. The molecular formula is C13H14BrN3O2. The molecule has 5 nitrogen and oxygen atoms in total. The van der Waals surface area contributed by atoms with Crippen LogP contribution in [0.4, 0.5) is 5.69 Å². The Morgan fingerprint density at radius 2 is 2.05 bits per heavy atom. The van der Waals surface area contributed by atoms with Crippen molar-refractivity contribution >= 4 is 21.6 Å². The molecule has 1 aromatic heterocycles. The van der Waals surface area contributed by atoms with Crippen LogP contribution in [0.2, 0.25) is 0 Å². The molecule has 3 N–H and O–H groups in total. The van der Waals surface area contributed by atoms with Crippen LogP contribution in [0.3, 0.4) is 0 Å². The number of aryl methyl sites for hydroxylation is 1. The first kappa shape index (κ1) is 13.6. The van der Waals surface area contributed by atoms with Crippen molar-refractivity contribution in [3.8, 4) is 0 Å². The Balaban J connectivity index is 2.43. The minimum Gasteiger partial charge on any atom is -0.398 e. The summed E-state index contributed by atoms with van der Waals surface area (Å²) in [5.74, 6) is 0. The second-order valence-corrected chi connectivity index (χ2v) is 5.15. The van der Waals surface area contributed by atoms with Crippen LogP contribution in [0.1, 0.15) is 18.1 Å². The summed E-state index contributed by atoms with van der Waals surface area (Å²) in [5.41, 5.74) is 7.16. The van der Waals surface area contributed by atoms with Gasteiger partial charge in [0.25, 0.3) is 5.56 Å². The van der Waals surface area contributed by atoms with Crippen molar-refractivity contribution in [3.63, 3.8) is 0 Å². The highest BCUT2D eigenvalue weighted by molar-refractivity contribution is 9.10. The number of aromatic amines is 1. The molecule has 2 aromatic rings. The lowest BCUT2D eigenvalue weighted by atomic mass is 10.2. The number of rotatable bonds is 3. The first-order valence-corrected chi connectivity index (χ1v) is 6.67. The lowest BCUT2D eigenvalue weighted by Crippen LogP contribution is -2.32. The van der Waals surface area contributed by atoms with E-state index in [0.717, 1.165) is 10.0 Å². The molecule has 0 radical (unpaired) electrons. The van der Waals surface area contributed by atoms with E-state index in [1.807, 2.05) is 19.1 Å². The van der Waals surface area contributed by atoms with Crippen molar-refractivity contribution in [2.24, 2.45) is 0 Å². The Bertz CT molecular complexity index is 719. The van der Waals surface area contributed by atoms with Gasteiger partial charge in [-0.05, 0) is 24.1 Å². The van der Waals surface area contributed by atoms with Crippen LogP contribution in [-0.4, -0.2) is 9.55 Å². The lowest BCUT2D eigenvalue weighted by molar-refractivity contribution is 0.709. The van der Waals surface area contributed by atoms with E-state index in [1.165, 1.54) is 4.57 Å². The number of aromatic nitrogens is 2. The third-order valence-corrected chi connectivity index (χ3v) is 3.41. The third-order valence-electron chi connectivity index (χ3n) is 2.91. The second-order valence-electron chi connectivity index (χ2n) is 4.24. The zero-order valence-electron chi connectivity index (χ0n) is 10.4. The Morgan fingerprint density at radius 1 is 1.32 bits per heavy atom. The van der Waals surface area contributed by atoms with Crippen LogP contribution in [-0.2, 0) is 13.0 Å². The topological polar surface area (TPSA) is 80.9 Å². The fourth-order valence-electron chi connectivity index (χ4n) is 1.82. The number of H-pyrrole nitrogens is 1. The number of nitrogens with zero attached hydrogens (tertiary/aromatic N) is 1. The molecule has 19 heavy (non-hydrogen) atoms. The van der Waals surface area contributed by atoms with Gasteiger partial charge >= 0.3 is 5.69 Å². The number of anilines is 1. The van der Waals surface area contributed by atoms with E-state index in [0.29, 0.717) is 24.2 Å². The molecule has 100 valence electrons. The Labute approximate surface area is 118 Å². The molecule has 0 saturated heterocycles. The van der Waals surface area contributed by atoms with Gasteiger partial charge in [-0.1, -0.05) is 28.9 Å². The van der Waals surface area contributed by atoms with Crippen LogP contribution in [0.5, 0.6) is 0 Å². The normalized spacial score (nSPS) is 10.6. The van der Waals surface area contributed by atoms with Crippen molar-refractivity contribution in [3.05, 3.63) is 60.8 Å². The average Bonchev–Trinajstić information content (AvgIpc) is 2.35. The van der Waals surface area contributed by atoms with E-state index in [2.05, 4.69) is 20.9 Å². The summed E-state index contributed by atoms with van der Waals surface area (Å²) in [4.78, 5) is 25.5. The molecular weight excluding hydrogens is 310 g/mol. The van der Waals surface area contributed by atoms with Gasteiger partial charge < -0.3 is 5.73 Å². The fourth-order valence-corrected chi connectivity index (χ4v) is 2.20. The highest BCUT2D eigenvalue weighted by Gasteiger charge is 2.06. The van der Waals surface area contributed by atoms with Gasteiger partial charge in [-0.2, -0.15) is 0 Å². The first-order chi connectivity index (χ1) is 9.01. The van der Waals surface area contributed by atoms with E-state index < -0.39 is 5.69 Å². The minimum atomic E-state index is -0.426. The van der Waals surface area contributed by atoms with Crippen LogP contribution < -0.4 is 17.0 Å². The van der Waals surface area contributed by atoms with Gasteiger partial charge in [0, 0.05) is 21.9 Å². The molecule has 0 saturated carbocycles. The molecule has 2 rings (SSSR count). The molecule has 0 amide bonds. The molecule has 0 spiro atoms. The molecule has 0 aliphatic rings. The molecule has 0 aliphatic carbocycles. The largest absolute Gasteiger partial charge is 0.398 e. The van der Waals surface area contributed by atoms with E-state index in [4.69, 9.17) is 5.73 Å². The van der Waals surface area contributed by atoms with Gasteiger partial charge in [0.1, 0.15) is 0 Å². The molecule has 0 atom stereocenters. The van der Waals surface area contributed by atoms with E-state index in [1.54, 1.807) is 12.3 Å². The van der Waals surface area contributed by atoms with Crippen LogP contribution in [0, 0.1) is 0 Å². The Kier molecular flexibility index (Phi) is 3.90. The molecule has 6 heteroatoms. The maximum atomic E-state index is 11.7. The summed E-state index contributed by atoms with van der Waals surface area (Å²) in [7, 11) is 0. The SMILES string of the molecule is CCc1cn(Cc2ccc(Br)cc2N)c(=O)[nH]c1=O. The quantitative estimate of drug-likeness (QED) is 0.840. The number of hydrogen-bond donors (Lipinski definition) is 2. The summed E-state index contributed by atoms with van der Waals surface area (Å²) in [6.45, 7) is 2.20. The predicted octanol–water partition coefficient (Wildman–Crippen LogP) is 1.49. The van der Waals surface area contributed by atoms with Gasteiger partial charge in [-0.15, -0.1) is 0 Å². The molecule has 0 aliphatic heterocycles. The second kappa shape index (κ2) is 5.44. The smallest absolute Gasteiger partial charge is 0.328 e. The first-order valence-electron chi connectivity index (χ1n) is 5.87. The number of hydrogen-bond acceptors (Lipinski definition) is 3. The number of nitrogen functional groups attached to an aromatic ring is 1. The molecule has 0 fully saturated rings. The summed E-state index contributed by atoms with van der Waals surface area (Å²) in [6.07, 6.45) is 2.16. The molecule has 0 unspecified atom stereocenters. The number of nitrogens with two attached hydrogens (primary N) is 1. The minimum absolute atomic E-state index is 0.326. The number of halogens is 1. The van der Waals surface area contributed by atoms with E-state index in [-0.39, 0.29) is 5.56 Å². The van der Waals surface area contributed by atoms with Gasteiger partial charge in [-0.25, -0.2) is 4.79 Å². The van der Waals surface area contributed by atoms with Gasteiger partial charge in [0.15, 0.2) is 0 Å². The summed E-state index contributed by atoms with van der Waals surface area (Å²) in [6, 6.07) is 5.50. The average molecular weight is 324 g/mol. The van der Waals surface area contributed by atoms with E-state index >= 15 is 0 Å². The van der Waals surface area contributed by atoms with Crippen molar-refractivity contribution in [1.82, 2.24) is 9.55 Å². The van der Waals surface area contributed by atoms with Gasteiger partial charge in [-0.3, -0.25) is 14.3 Å². The highest BCUT2D eigenvalue weighted by atomic mass is 79.9. The van der Waals surface area contributed by atoms with Crippen molar-refractivity contribution in [1.29, 1.82) is 0 Å². The van der Waals surface area contributed by atoms with Crippen molar-refractivity contribution in [2.45, 2.75) is 19.9 Å². The standard InChI is InChI=1S/C13H14BrN3O2/c1-2-8-6-17(13(19)16-12(8)18)7-9-3-4-10(14)5-11(9)15/h3-6H,2,7,15H2,1H3,(H,16,18,19). The molecule has 0 bridgehead atoms. The Morgan fingerprint density at radius 3 is 2.68 bits per heavy atom. The predicted molar refractivity (Wildman–Crippen MR) is 78.4 cm³/mol. The zero-order chi connectivity index (χ0) is 14.0. The van der Waals surface area contributed by atoms with Gasteiger partial charge in [0.05, 0.1) is 6.54 Å². The van der Waals surface area contributed by atoms with Crippen LogP contribution in [0.25, 0.3) is 0 Å². The molecule has 1 heterocycles. The summed E-state index contributed by atoms with van der Waals surface area (Å²) in [5, 5.41) is 0.